The summed E-state index contributed by atoms with van der Waals surface area (Å²) in [4.78, 5) is 14.1. The third kappa shape index (κ3) is 3.46. The molecule has 2 aliphatic rings. The van der Waals surface area contributed by atoms with Crippen molar-refractivity contribution in [3.05, 3.63) is 0 Å². The van der Waals surface area contributed by atoms with Crippen molar-refractivity contribution in [1.29, 1.82) is 0 Å². The second-order valence-electron chi connectivity index (χ2n) is 7.54. The van der Waals surface area contributed by atoms with E-state index in [0.717, 1.165) is 26.1 Å². The van der Waals surface area contributed by atoms with Gasteiger partial charge >= 0.3 is 6.09 Å². The molecule has 4 nitrogen and oxygen atoms in total. The maximum absolute atomic E-state index is 12.2. The first-order chi connectivity index (χ1) is 9.36. The molecule has 0 aromatic heterocycles. The van der Waals surface area contributed by atoms with Crippen molar-refractivity contribution < 1.29 is 9.53 Å². The smallest absolute Gasteiger partial charge is 0.410 e. The van der Waals surface area contributed by atoms with E-state index in [1.54, 1.807) is 0 Å². The highest BCUT2D eigenvalue weighted by molar-refractivity contribution is 5.68. The van der Waals surface area contributed by atoms with E-state index < -0.39 is 5.60 Å². The maximum Gasteiger partial charge on any atom is 0.410 e. The van der Waals surface area contributed by atoms with Gasteiger partial charge in [0.1, 0.15) is 5.60 Å². The summed E-state index contributed by atoms with van der Waals surface area (Å²) in [6, 6.07) is 0. The molecule has 0 aromatic rings. The standard InChI is InChI=1S/C16H30N2O2/c1-15(2,3)20-14(19)18-10-6-7-13(11-18)16(12-17)8-4-5-9-16/h13H,4-12,17H2,1-3H3. The topological polar surface area (TPSA) is 55.6 Å². The normalized spacial score (nSPS) is 26.6. The Morgan fingerprint density at radius 2 is 1.95 bits per heavy atom. The molecule has 0 radical (unpaired) electrons. The van der Waals surface area contributed by atoms with Crippen molar-refractivity contribution in [3.63, 3.8) is 0 Å². The number of nitrogens with zero attached hydrogens (tertiary/aromatic N) is 1. The maximum atomic E-state index is 12.2. The van der Waals surface area contributed by atoms with Gasteiger partial charge in [-0.3, -0.25) is 0 Å². The van der Waals surface area contributed by atoms with Crippen LogP contribution in [0.5, 0.6) is 0 Å². The number of carbonyl (C=O) groups is 1. The van der Waals surface area contributed by atoms with Crippen molar-refractivity contribution >= 4 is 6.09 Å². The number of amides is 1. The van der Waals surface area contributed by atoms with Gasteiger partial charge < -0.3 is 15.4 Å². The predicted octanol–water partition coefficient (Wildman–Crippen LogP) is 3.15. The Kier molecular flexibility index (Phi) is 4.62. The van der Waals surface area contributed by atoms with E-state index in [4.69, 9.17) is 10.5 Å². The molecule has 4 heteroatoms. The van der Waals surface area contributed by atoms with Crippen LogP contribution < -0.4 is 5.73 Å². The summed E-state index contributed by atoms with van der Waals surface area (Å²) < 4.78 is 5.51. The third-order valence-corrected chi connectivity index (χ3v) is 4.94. The van der Waals surface area contributed by atoms with E-state index in [-0.39, 0.29) is 11.5 Å². The number of ether oxygens (including phenoxy) is 1. The largest absolute Gasteiger partial charge is 0.444 e. The number of hydrogen-bond donors (Lipinski definition) is 1. The number of likely N-dealkylation sites (tertiary alicyclic amines) is 1. The monoisotopic (exact) mass is 282 g/mol. The molecule has 1 atom stereocenters. The Morgan fingerprint density at radius 1 is 1.30 bits per heavy atom. The first-order valence-corrected chi connectivity index (χ1v) is 8.04. The lowest BCUT2D eigenvalue weighted by Crippen LogP contribution is -2.49. The highest BCUT2D eigenvalue weighted by Gasteiger charge is 2.42. The van der Waals surface area contributed by atoms with Gasteiger partial charge in [-0.15, -0.1) is 0 Å². The molecular formula is C16H30N2O2. The van der Waals surface area contributed by atoms with Crippen molar-refractivity contribution in [1.82, 2.24) is 4.90 Å². The Balaban J connectivity index is 1.99. The molecular weight excluding hydrogens is 252 g/mol. The number of carbonyl (C=O) groups excluding carboxylic acids is 1. The lowest BCUT2D eigenvalue weighted by Gasteiger charge is -2.43. The lowest BCUT2D eigenvalue weighted by atomic mass is 9.70. The van der Waals surface area contributed by atoms with Gasteiger partial charge in [0.25, 0.3) is 0 Å². The molecule has 2 rings (SSSR count). The Hall–Kier alpha value is -0.770. The first-order valence-electron chi connectivity index (χ1n) is 8.04. The molecule has 1 saturated carbocycles. The predicted molar refractivity (Wildman–Crippen MR) is 80.5 cm³/mol. The summed E-state index contributed by atoms with van der Waals surface area (Å²) in [5, 5.41) is 0. The zero-order chi connectivity index (χ0) is 14.8. The van der Waals surface area contributed by atoms with E-state index >= 15 is 0 Å². The fourth-order valence-corrected chi connectivity index (χ4v) is 3.83. The van der Waals surface area contributed by atoms with E-state index in [1.165, 1.54) is 32.1 Å². The van der Waals surface area contributed by atoms with E-state index in [0.29, 0.717) is 5.92 Å². The first kappa shape index (κ1) is 15.6. The summed E-state index contributed by atoms with van der Waals surface area (Å²) in [7, 11) is 0. The molecule has 1 amide bonds. The molecule has 20 heavy (non-hydrogen) atoms. The summed E-state index contributed by atoms with van der Waals surface area (Å²) in [5.74, 6) is 0.552. The van der Waals surface area contributed by atoms with Crippen LogP contribution in [0, 0.1) is 11.3 Å². The number of hydrogen-bond acceptors (Lipinski definition) is 3. The van der Waals surface area contributed by atoms with Crippen LogP contribution in [-0.2, 0) is 4.74 Å². The van der Waals surface area contributed by atoms with Gasteiger partial charge in [0.05, 0.1) is 0 Å². The van der Waals surface area contributed by atoms with Gasteiger partial charge in [0.15, 0.2) is 0 Å². The molecule has 1 heterocycles. The van der Waals surface area contributed by atoms with Gasteiger partial charge in [0.2, 0.25) is 0 Å². The van der Waals surface area contributed by atoms with Gasteiger partial charge in [0, 0.05) is 13.1 Å². The fraction of sp³-hybridized carbons (Fsp3) is 0.938. The molecule has 1 aliphatic heterocycles. The molecule has 2 N–H and O–H groups in total. The number of piperidine rings is 1. The number of nitrogens with two attached hydrogens (primary N) is 1. The van der Waals surface area contributed by atoms with Crippen molar-refractivity contribution in [3.8, 4) is 0 Å². The van der Waals surface area contributed by atoms with Crippen LogP contribution >= 0.6 is 0 Å². The van der Waals surface area contributed by atoms with Crippen LogP contribution in [-0.4, -0.2) is 36.2 Å². The Bertz CT molecular complexity index is 343. The second-order valence-corrected chi connectivity index (χ2v) is 7.54. The van der Waals surface area contributed by atoms with Crippen LogP contribution in [0.3, 0.4) is 0 Å². The third-order valence-electron chi connectivity index (χ3n) is 4.94. The van der Waals surface area contributed by atoms with Crippen molar-refractivity contribution in [2.45, 2.75) is 64.9 Å². The molecule has 1 unspecified atom stereocenters. The Labute approximate surface area is 123 Å². The minimum absolute atomic E-state index is 0.160. The molecule has 0 spiro atoms. The van der Waals surface area contributed by atoms with Crippen LogP contribution in [0.4, 0.5) is 4.79 Å². The highest BCUT2D eigenvalue weighted by atomic mass is 16.6. The quantitative estimate of drug-likeness (QED) is 0.846. The van der Waals surface area contributed by atoms with E-state index in [9.17, 15) is 4.79 Å². The van der Waals surface area contributed by atoms with Gasteiger partial charge in [-0.05, 0) is 64.3 Å². The van der Waals surface area contributed by atoms with Gasteiger partial charge in [-0.1, -0.05) is 12.8 Å². The summed E-state index contributed by atoms with van der Waals surface area (Å²) in [6.07, 6.45) is 7.17. The lowest BCUT2D eigenvalue weighted by molar-refractivity contribution is 0.00466. The summed E-state index contributed by atoms with van der Waals surface area (Å²) in [6.45, 7) is 8.18. The van der Waals surface area contributed by atoms with Crippen LogP contribution in [0.2, 0.25) is 0 Å². The van der Waals surface area contributed by atoms with Crippen LogP contribution in [0.1, 0.15) is 59.3 Å². The molecule has 116 valence electrons. The van der Waals surface area contributed by atoms with E-state index in [2.05, 4.69) is 0 Å². The minimum atomic E-state index is -0.414. The zero-order valence-corrected chi connectivity index (χ0v) is 13.3. The summed E-state index contributed by atoms with van der Waals surface area (Å²) >= 11 is 0. The highest BCUT2D eigenvalue weighted by Crippen LogP contribution is 2.46. The average Bonchev–Trinajstić information content (AvgIpc) is 2.87. The van der Waals surface area contributed by atoms with Crippen LogP contribution in [0.15, 0.2) is 0 Å². The zero-order valence-electron chi connectivity index (χ0n) is 13.3. The molecule has 0 bridgehead atoms. The second kappa shape index (κ2) is 5.92. The Morgan fingerprint density at radius 3 is 2.50 bits per heavy atom. The summed E-state index contributed by atoms with van der Waals surface area (Å²) in [5.41, 5.74) is 5.95. The van der Waals surface area contributed by atoms with Crippen molar-refractivity contribution in [2.24, 2.45) is 17.1 Å². The number of rotatable bonds is 2. The molecule has 2 fully saturated rings. The molecule has 0 aromatic carbocycles. The average molecular weight is 282 g/mol. The fourth-order valence-electron chi connectivity index (χ4n) is 3.83. The minimum Gasteiger partial charge on any atom is -0.444 e. The van der Waals surface area contributed by atoms with E-state index in [1.807, 2.05) is 25.7 Å². The molecule has 1 saturated heterocycles. The van der Waals surface area contributed by atoms with Gasteiger partial charge in [-0.25, -0.2) is 4.79 Å². The van der Waals surface area contributed by atoms with Crippen LogP contribution in [0.25, 0.3) is 0 Å². The van der Waals surface area contributed by atoms with Gasteiger partial charge in [-0.2, -0.15) is 0 Å². The van der Waals surface area contributed by atoms with Crippen molar-refractivity contribution in [2.75, 3.05) is 19.6 Å². The SMILES string of the molecule is CC(C)(C)OC(=O)N1CCCC(C2(CN)CCCC2)C1. The molecule has 1 aliphatic carbocycles.